The van der Waals surface area contributed by atoms with Crippen LogP contribution in [0, 0.1) is 0 Å². The lowest BCUT2D eigenvalue weighted by Crippen LogP contribution is -2.49. The first-order chi connectivity index (χ1) is 14.1. The molecule has 2 heterocycles. The fourth-order valence-corrected chi connectivity index (χ4v) is 3.74. The van der Waals surface area contributed by atoms with Crippen LogP contribution in [0.1, 0.15) is 13.3 Å². The predicted molar refractivity (Wildman–Crippen MR) is 110 cm³/mol. The zero-order chi connectivity index (χ0) is 20.2. The Morgan fingerprint density at radius 1 is 0.966 bits per heavy atom. The van der Waals surface area contributed by atoms with Crippen molar-refractivity contribution in [1.82, 2.24) is 4.90 Å². The topological polar surface area (TPSA) is 62.3 Å². The average Bonchev–Trinajstić information content (AvgIpc) is 3.22. The molecule has 1 saturated heterocycles. The third kappa shape index (κ3) is 4.29. The zero-order valence-electron chi connectivity index (χ0n) is 16.5. The Hall–Kier alpha value is -3.22. The standard InChI is InChI=1S/C22H25N3O4/c1-17(26)25(19-7-8-20-21(15-19)29-16-28-20)10-9-22(27)24-13-11-23(12-14-24)18-5-3-2-4-6-18/h2-8,15H,9-14,16H2,1H3. The molecule has 2 amide bonds. The molecule has 152 valence electrons. The minimum atomic E-state index is -0.106. The number of hydrogen-bond donors (Lipinski definition) is 0. The van der Waals surface area contributed by atoms with Crippen LogP contribution in [0.4, 0.5) is 11.4 Å². The Balaban J connectivity index is 1.33. The molecule has 2 aromatic rings. The van der Waals surface area contributed by atoms with Crippen molar-refractivity contribution < 1.29 is 19.1 Å². The lowest BCUT2D eigenvalue weighted by molar-refractivity contribution is -0.131. The van der Waals surface area contributed by atoms with E-state index in [-0.39, 0.29) is 18.6 Å². The number of hydrogen-bond acceptors (Lipinski definition) is 5. The van der Waals surface area contributed by atoms with Crippen molar-refractivity contribution in [2.24, 2.45) is 0 Å². The third-order valence-corrected chi connectivity index (χ3v) is 5.35. The van der Waals surface area contributed by atoms with E-state index in [1.54, 1.807) is 17.0 Å². The first kappa shape index (κ1) is 19.1. The monoisotopic (exact) mass is 395 g/mol. The van der Waals surface area contributed by atoms with Crippen LogP contribution in [0.3, 0.4) is 0 Å². The van der Waals surface area contributed by atoms with Gasteiger partial charge in [0.15, 0.2) is 11.5 Å². The molecule has 2 aliphatic rings. The molecule has 0 atom stereocenters. The van der Waals surface area contributed by atoms with Crippen molar-refractivity contribution in [2.45, 2.75) is 13.3 Å². The van der Waals surface area contributed by atoms with Crippen LogP contribution < -0.4 is 19.3 Å². The number of fused-ring (bicyclic) bond motifs is 1. The highest BCUT2D eigenvalue weighted by Gasteiger charge is 2.23. The van der Waals surface area contributed by atoms with Crippen LogP contribution in [0.2, 0.25) is 0 Å². The van der Waals surface area contributed by atoms with Gasteiger partial charge in [0.1, 0.15) is 0 Å². The average molecular weight is 395 g/mol. The van der Waals surface area contributed by atoms with Crippen LogP contribution >= 0.6 is 0 Å². The molecule has 29 heavy (non-hydrogen) atoms. The van der Waals surface area contributed by atoms with Gasteiger partial charge >= 0.3 is 0 Å². The van der Waals surface area contributed by atoms with E-state index in [9.17, 15) is 9.59 Å². The number of piperazine rings is 1. The largest absolute Gasteiger partial charge is 0.454 e. The van der Waals surface area contributed by atoms with E-state index in [1.807, 2.05) is 29.2 Å². The van der Waals surface area contributed by atoms with Gasteiger partial charge in [-0.2, -0.15) is 0 Å². The third-order valence-electron chi connectivity index (χ3n) is 5.35. The molecule has 7 heteroatoms. The van der Waals surface area contributed by atoms with E-state index in [4.69, 9.17) is 9.47 Å². The van der Waals surface area contributed by atoms with Crippen LogP contribution in [-0.4, -0.2) is 56.2 Å². The number of benzene rings is 2. The number of rotatable bonds is 5. The molecule has 1 fully saturated rings. The Morgan fingerprint density at radius 3 is 2.41 bits per heavy atom. The fourth-order valence-electron chi connectivity index (χ4n) is 3.74. The Labute approximate surface area is 170 Å². The van der Waals surface area contributed by atoms with Gasteiger partial charge in [0.2, 0.25) is 18.6 Å². The summed E-state index contributed by atoms with van der Waals surface area (Å²) in [4.78, 5) is 30.7. The van der Waals surface area contributed by atoms with Gasteiger partial charge in [-0.05, 0) is 24.3 Å². The first-order valence-corrected chi connectivity index (χ1v) is 9.87. The summed E-state index contributed by atoms with van der Waals surface area (Å²) >= 11 is 0. The zero-order valence-corrected chi connectivity index (χ0v) is 16.5. The molecule has 0 unspecified atom stereocenters. The van der Waals surface area contributed by atoms with E-state index in [0.717, 1.165) is 13.1 Å². The normalized spacial score (nSPS) is 15.3. The summed E-state index contributed by atoms with van der Waals surface area (Å²) in [6.45, 7) is 5.05. The molecule has 0 N–H and O–H groups in total. The van der Waals surface area contributed by atoms with Crippen molar-refractivity contribution in [3.05, 3.63) is 48.5 Å². The van der Waals surface area contributed by atoms with Gasteiger partial charge in [-0.1, -0.05) is 18.2 Å². The lowest BCUT2D eigenvalue weighted by Gasteiger charge is -2.36. The van der Waals surface area contributed by atoms with Crippen LogP contribution in [0.15, 0.2) is 48.5 Å². The Morgan fingerprint density at radius 2 is 1.69 bits per heavy atom. The molecule has 2 aromatic carbocycles. The molecule has 0 bridgehead atoms. The summed E-state index contributed by atoms with van der Waals surface area (Å²) in [6, 6.07) is 15.6. The number of carbonyl (C=O) groups excluding carboxylic acids is 2. The van der Waals surface area contributed by atoms with Crippen molar-refractivity contribution >= 4 is 23.2 Å². The summed E-state index contributed by atoms with van der Waals surface area (Å²) in [6.07, 6.45) is 0.291. The minimum Gasteiger partial charge on any atom is -0.454 e. The fraction of sp³-hybridized carbons (Fsp3) is 0.364. The van der Waals surface area contributed by atoms with Gasteiger partial charge in [-0.3, -0.25) is 9.59 Å². The van der Waals surface area contributed by atoms with Crippen LogP contribution in [0.5, 0.6) is 11.5 Å². The number of carbonyl (C=O) groups is 2. The number of anilines is 2. The summed E-state index contributed by atoms with van der Waals surface area (Å²) in [5.74, 6) is 1.26. The second-order valence-electron chi connectivity index (χ2n) is 7.16. The number of ether oxygens (including phenoxy) is 2. The Kier molecular flexibility index (Phi) is 5.55. The van der Waals surface area contributed by atoms with E-state index in [0.29, 0.717) is 43.2 Å². The maximum atomic E-state index is 12.7. The highest BCUT2D eigenvalue weighted by atomic mass is 16.7. The van der Waals surface area contributed by atoms with E-state index in [2.05, 4.69) is 17.0 Å². The van der Waals surface area contributed by atoms with E-state index < -0.39 is 0 Å². The van der Waals surface area contributed by atoms with Crippen molar-refractivity contribution in [3.63, 3.8) is 0 Å². The van der Waals surface area contributed by atoms with Gasteiger partial charge < -0.3 is 24.2 Å². The lowest BCUT2D eigenvalue weighted by atomic mass is 10.2. The summed E-state index contributed by atoms with van der Waals surface area (Å²) in [5.41, 5.74) is 1.90. The van der Waals surface area contributed by atoms with Crippen LogP contribution in [-0.2, 0) is 9.59 Å². The maximum absolute atomic E-state index is 12.7. The number of nitrogens with zero attached hydrogens (tertiary/aromatic N) is 3. The molecule has 2 aliphatic heterocycles. The molecule has 7 nitrogen and oxygen atoms in total. The van der Waals surface area contributed by atoms with Crippen molar-refractivity contribution in [2.75, 3.05) is 49.3 Å². The summed E-state index contributed by atoms with van der Waals surface area (Å²) in [7, 11) is 0. The Bertz CT molecular complexity index is 879. The van der Waals surface area contributed by atoms with Gasteiger partial charge in [0, 0.05) is 63.5 Å². The molecular weight excluding hydrogens is 370 g/mol. The minimum absolute atomic E-state index is 0.0738. The summed E-state index contributed by atoms with van der Waals surface area (Å²) < 4.78 is 10.7. The molecule has 0 aliphatic carbocycles. The van der Waals surface area contributed by atoms with E-state index in [1.165, 1.54) is 12.6 Å². The molecule has 0 spiro atoms. The second kappa shape index (κ2) is 8.43. The first-order valence-electron chi connectivity index (χ1n) is 9.87. The molecule has 0 saturated carbocycles. The molecule has 0 aromatic heterocycles. The smallest absolute Gasteiger partial charge is 0.231 e. The van der Waals surface area contributed by atoms with E-state index >= 15 is 0 Å². The van der Waals surface area contributed by atoms with Crippen molar-refractivity contribution in [3.8, 4) is 11.5 Å². The molecule has 4 rings (SSSR count). The predicted octanol–water partition coefficient (Wildman–Crippen LogP) is 2.51. The number of amides is 2. The van der Waals surface area contributed by atoms with Gasteiger partial charge in [-0.15, -0.1) is 0 Å². The molecule has 0 radical (unpaired) electrons. The van der Waals surface area contributed by atoms with Crippen molar-refractivity contribution in [1.29, 1.82) is 0 Å². The summed E-state index contributed by atoms with van der Waals surface area (Å²) in [5, 5.41) is 0. The highest BCUT2D eigenvalue weighted by molar-refractivity contribution is 5.92. The SMILES string of the molecule is CC(=O)N(CCC(=O)N1CCN(c2ccccc2)CC1)c1ccc2c(c1)OCO2. The number of para-hydroxylation sites is 1. The maximum Gasteiger partial charge on any atom is 0.231 e. The highest BCUT2D eigenvalue weighted by Crippen LogP contribution is 2.35. The molecular formula is C22H25N3O4. The van der Waals surface area contributed by atoms with Gasteiger partial charge in [-0.25, -0.2) is 0 Å². The quantitative estimate of drug-likeness (QED) is 0.779. The van der Waals surface area contributed by atoms with Gasteiger partial charge in [0.25, 0.3) is 0 Å². The second-order valence-corrected chi connectivity index (χ2v) is 7.16. The van der Waals surface area contributed by atoms with Crippen LogP contribution in [0.25, 0.3) is 0 Å². The van der Waals surface area contributed by atoms with Gasteiger partial charge in [0.05, 0.1) is 0 Å².